The van der Waals surface area contributed by atoms with Crippen LogP contribution in [0.25, 0.3) is 0 Å². The molecule has 0 aromatic rings. The molecule has 2 rings (SSSR count). The van der Waals surface area contributed by atoms with E-state index in [2.05, 4.69) is 9.80 Å². The fourth-order valence-corrected chi connectivity index (χ4v) is 2.32. The number of hydrogen-bond acceptors (Lipinski definition) is 4. The summed E-state index contributed by atoms with van der Waals surface area (Å²) in [4.78, 5) is 4.60. The van der Waals surface area contributed by atoms with Gasteiger partial charge in [0.25, 0.3) is 0 Å². The van der Waals surface area contributed by atoms with Gasteiger partial charge in [-0.1, -0.05) is 0 Å². The van der Waals surface area contributed by atoms with Gasteiger partial charge in [-0.25, -0.2) is 0 Å². The zero-order valence-electron chi connectivity index (χ0n) is 8.60. The summed E-state index contributed by atoms with van der Waals surface area (Å²) in [5.41, 5.74) is 0. The predicted octanol–water partition coefficient (Wildman–Crippen LogP) is -0.880. The zero-order chi connectivity index (χ0) is 9.97. The zero-order valence-corrected chi connectivity index (χ0v) is 8.60. The fraction of sp³-hybridized carbons (Fsp3) is 1.00. The Balaban J connectivity index is 1.66. The molecule has 2 atom stereocenters. The molecule has 0 radical (unpaired) electrons. The summed E-state index contributed by atoms with van der Waals surface area (Å²) < 4.78 is 0. The van der Waals surface area contributed by atoms with Gasteiger partial charge in [-0.15, -0.1) is 0 Å². The molecule has 2 aliphatic heterocycles. The van der Waals surface area contributed by atoms with Crippen LogP contribution < -0.4 is 0 Å². The molecule has 0 unspecified atom stereocenters. The summed E-state index contributed by atoms with van der Waals surface area (Å²) >= 11 is 0. The molecule has 0 saturated carbocycles. The first kappa shape index (κ1) is 10.4. The number of aliphatic hydroxyl groups is 2. The highest BCUT2D eigenvalue weighted by molar-refractivity contribution is 4.83. The van der Waals surface area contributed by atoms with Gasteiger partial charge in [-0.3, -0.25) is 4.90 Å². The Hall–Kier alpha value is -0.160. The fourth-order valence-electron chi connectivity index (χ4n) is 2.32. The van der Waals surface area contributed by atoms with Gasteiger partial charge in [0.05, 0.1) is 12.2 Å². The summed E-state index contributed by atoms with van der Waals surface area (Å²) in [6.45, 7) is 5.77. The van der Waals surface area contributed by atoms with Crippen LogP contribution in [0, 0.1) is 0 Å². The molecular formula is C10H20N2O2. The quantitative estimate of drug-likeness (QED) is 0.621. The molecule has 2 fully saturated rings. The van der Waals surface area contributed by atoms with Crippen LogP contribution >= 0.6 is 0 Å². The number of rotatable bonds is 3. The highest BCUT2D eigenvalue weighted by Gasteiger charge is 2.29. The van der Waals surface area contributed by atoms with Crippen molar-refractivity contribution in [2.24, 2.45) is 0 Å². The van der Waals surface area contributed by atoms with Crippen LogP contribution in [-0.4, -0.2) is 71.5 Å². The third-order valence-electron chi connectivity index (χ3n) is 3.27. The van der Waals surface area contributed by atoms with Gasteiger partial charge >= 0.3 is 0 Å². The van der Waals surface area contributed by atoms with Gasteiger partial charge < -0.3 is 15.1 Å². The molecule has 0 aliphatic carbocycles. The highest BCUT2D eigenvalue weighted by Crippen LogP contribution is 2.11. The minimum Gasteiger partial charge on any atom is -0.389 e. The van der Waals surface area contributed by atoms with Crippen LogP contribution in [0.1, 0.15) is 12.8 Å². The lowest BCUT2D eigenvalue weighted by Gasteiger charge is -2.20. The van der Waals surface area contributed by atoms with Crippen molar-refractivity contribution in [1.82, 2.24) is 9.80 Å². The van der Waals surface area contributed by atoms with Crippen molar-refractivity contribution >= 4 is 0 Å². The number of hydrogen-bond donors (Lipinski definition) is 2. The second-order valence-electron chi connectivity index (χ2n) is 4.44. The van der Waals surface area contributed by atoms with Crippen LogP contribution in [0.15, 0.2) is 0 Å². The first-order valence-electron chi connectivity index (χ1n) is 5.56. The monoisotopic (exact) mass is 200 g/mol. The number of aliphatic hydroxyl groups excluding tert-OH is 2. The van der Waals surface area contributed by atoms with E-state index in [0.717, 1.165) is 13.1 Å². The van der Waals surface area contributed by atoms with Gasteiger partial charge in [-0.05, 0) is 25.9 Å². The summed E-state index contributed by atoms with van der Waals surface area (Å²) in [5.74, 6) is 0. The second-order valence-corrected chi connectivity index (χ2v) is 4.44. The molecule has 82 valence electrons. The van der Waals surface area contributed by atoms with Crippen LogP contribution in [-0.2, 0) is 0 Å². The first-order chi connectivity index (χ1) is 6.75. The van der Waals surface area contributed by atoms with Crippen molar-refractivity contribution in [1.29, 1.82) is 0 Å². The molecule has 4 nitrogen and oxygen atoms in total. The Morgan fingerprint density at radius 2 is 1.36 bits per heavy atom. The summed E-state index contributed by atoms with van der Waals surface area (Å²) in [7, 11) is 0. The maximum absolute atomic E-state index is 9.35. The molecule has 0 aromatic heterocycles. The topological polar surface area (TPSA) is 46.9 Å². The van der Waals surface area contributed by atoms with Crippen molar-refractivity contribution < 1.29 is 10.2 Å². The predicted molar refractivity (Wildman–Crippen MR) is 54.1 cm³/mol. The van der Waals surface area contributed by atoms with Crippen molar-refractivity contribution in [2.75, 3.05) is 39.3 Å². The number of likely N-dealkylation sites (tertiary alicyclic amines) is 2. The summed E-state index contributed by atoms with van der Waals surface area (Å²) in [5, 5.41) is 18.7. The third-order valence-corrected chi connectivity index (χ3v) is 3.27. The minimum atomic E-state index is -0.534. The average Bonchev–Trinajstić information content (AvgIpc) is 2.74. The van der Waals surface area contributed by atoms with Crippen LogP contribution in [0.3, 0.4) is 0 Å². The summed E-state index contributed by atoms with van der Waals surface area (Å²) in [6.07, 6.45) is 1.58. The first-order valence-corrected chi connectivity index (χ1v) is 5.56. The van der Waals surface area contributed by atoms with Crippen molar-refractivity contribution in [3.05, 3.63) is 0 Å². The van der Waals surface area contributed by atoms with E-state index < -0.39 is 12.2 Å². The Bertz CT molecular complexity index is 173. The van der Waals surface area contributed by atoms with Gasteiger partial charge in [0, 0.05) is 26.2 Å². The maximum atomic E-state index is 9.35. The van der Waals surface area contributed by atoms with E-state index >= 15 is 0 Å². The molecule has 2 N–H and O–H groups in total. The molecule has 2 saturated heterocycles. The molecular weight excluding hydrogens is 180 g/mol. The standard InChI is InChI=1S/C10H20N2O2/c13-9-7-12(8-10(9)14)6-5-11-3-1-2-4-11/h9-10,13-14H,1-8H2/t9-,10+. The van der Waals surface area contributed by atoms with E-state index in [1.54, 1.807) is 0 Å². The van der Waals surface area contributed by atoms with E-state index in [1.807, 2.05) is 0 Å². The van der Waals surface area contributed by atoms with E-state index in [0.29, 0.717) is 13.1 Å². The van der Waals surface area contributed by atoms with Crippen LogP contribution in [0.4, 0.5) is 0 Å². The smallest absolute Gasteiger partial charge is 0.0938 e. The Morgan fingerprint density at radius 1 is 0.857 bits per heavy atom. The van der Waals surface area contributed by atoms with Crippen LogP contribution in [0.2, 0.25) is 0 Å². The minimum absolute atomic E-state index is 0.534. The van der Waals surface area contributed by atoms with Gasteiger partial charge in [0.15, 0.2) is 0 Å². The summed E-state index contributed by atoms with van der Waals surface area (Å²) in [6, 6.07) is 0. The van der Waals surface area contributed by atoms with Gasteiger partial charge in [-0.2, -0.15) is 0 Å². The molecule has 0 aromatic carbocycles. The lowest BCUT2D eigenvalue weighted by Crippen LogP contribution is -2.33. The van der Waals surface area contributed by atoms with Gasteiger partial charge in [0.1, 0.15) is 0 Å². The Labute approximate surface area is 85.1 Å². The molecule has 4 heteroatoms. The van der Waals surface area contributed by atoms with E-state index in [-0.39, 0.29) is 0 Å². The number of nitrogens with zero attached hydrogens (tertiary/aromatic N) is 2. The largest absolute Gasteiger partial charge is 0.389 e. The molecule has 14 heavy (non-hydrogen) atoms. The molecule has 2 heterocycles. The highest BCUT2D eigenvalue weighted by atomic mass is 16.3. The lowest BCUT2D eigenvalue weighted by molar-refractivity contribution is 0.0572. The van der Waals surface area contributed by atoms with E-state index in [9.17, 15) is 10.2 Å². The van der Waals surface area contributed by atoms with Crippen LogP contribution in [0.5, 0.6) is 0 Å². The van der Waals surface area contributed by atoms with E-state index in [4.69, 9.17) is 0 Å². The van der Waals surface area contributed by atoms with Crippen molar-refractivity contribution in [3.8, 4) is 0 Å². The second kappa shape index (κ2) is 4.57. The molecule has 0 spiro atoms. The Morgan fingerprint density at radius 3 is 1.93 bits per heavy atom. The lowest BCUT2D eigenvalue weighted by atomic mass is 10.3. The van der Waals surface area contributed by atoms with Crippen molar-refractivity contribution in [2.45, 2.75) is 25.0 Å². The number of β-amino-alcohol motifs (C(OH)–C–C–N with tert-alkyl or cyclic N) is 2. The normalized spacial score (nSPS) is 35.6. The molecule has 0 bridgehead atoms. The van der Waals surface area contributed by atoms with E-state index in [1.165, 1.54) is 25.9 Å². The third kappa shape index (κ3) is 2.45. The van der Waals surface area contributed by atoms with Gasteiger partial charge in [0.2, 0.25) is 0 Å². The maximum Gasteiger partial charge on any atom is 0.0938 e. The SMILES string of the molecule is O[C@@H]1CN(CCN2CCCC2)C[C@@H]1O. The molecule has 0 amide bonds. The molecule has 2 aliphatic rings. The van der Waals surface area contributed by atoms with Crippen molar-refractivity contribution in [3.63, 3.8) is 0 Å². The Kier molecular flexibility index (Phi) is 3.38. The average molecular weight is 200 g/mol.